The molecule has 2 aromatic carbocycles. The molecule has 2 aromatic rings. The van der Waals surface area contributed by atoms with Crippen LogP contribution >= 0.6 is 0 Å². The van der Waals surface area contributed by atoms with E-state index in [0.717, 1.165) is 30.4 Å². The molecule has 0 saturated heterocycles. The van der Waals surface area contributed by atoms with E-state index in [2.05, 4.69) is 0 Å². The van der Waals surface area contributed by atoms with E-state index in [4.69, 9.17) is 5.11 Å². The van der Waals surface area contributed by atoms with Crippen molar-refractivity contribution in [2.24, 2.45) is 0 Å². The summed E-state index contributed by atoms with van der Waals surface area (Å²) in [6, 6.07) is 11.0. The van der Waals surface area contributed by atoms with Crippen LogP contribution in [0.2, 0.25) is 0 Å². The SMILES string of the molecule is O=C(O)c1ccc2c(c1)CN(C(=O)CCC(=O)c1ccc3c(c1)CCC3)CC2. The number of carboxylic acids is 1. The van der Waals surface area contributed by atoms with E-state index in [1.165, 1.54) is 11.1 Å². The molecule has 0 fully saturated rings. The molecule has 4 rings (SSSR count). The minimum absolute atomic E-state index is 0.00798. The number of rotatable bonds is 5. The maximum absolute atomic E-state index is 12.6. The number of carboxylic acid groups (broad SMARTS) is 1. The Balaban J connectivity index is 1.37. The summed E-state index contributed by atoms with van der Waals surface area (Å²) < 4.78 is 0. The quantitative estimate of drug-likeness (QED) is 0.810. The van der Waals surface area contributed by atoms with Crippen LogP contribution in [0.3, 0.4) is 0 Å². The summed E-state index contributed by atoms with van der Waals surface area (Å²) in [5.74, 6) is -1.01. The number of Topliss-reactive ketones (excluding diaryl/α,β-unsaturated/α-hetero) is 1. The molecule has 0 atom stereocenters. The zero-order valence-electron chi connectivity index (χ0n) is 15.7. The summed E-state index contributed by atoms with van der Waals surface area (Å²) in [6.45, 7) is 1.01. The van der Waals surface area contributed by atoms with Crippen LogP contribution in [0.25, 0.3) is 0 Å². The number of aryl methyl sites for hydroxylation is 2. The molecule has 2 aliphatic rings. The van der Waals surface area contributed by atoms with Gasteiger partial charge in [-0.15, -0.1) is 0 Å². The molecule has 0 spiro atoms. The van der Waals surface area contributed by atoms with Crippen molar-refractivity contribution < 1.29 is 19.5 Å². The Hall–Kier alpha value is -2.95. The van der Waals surface area contributed by atoms with Gasteiger partial charge in [-0.25, -0.2) is 4.79 Å². The maximum Gasteiger partial charge on any atom is 0.335 e. The highest BCUT2D eigenvalue weighted by molar-refractivity contribution is 5.98. The summed E-state index contributed by atoms with van der Waals surface area (Å²) in [5.41, 5.74) is 5.50. The lowest BCUT2D eigenvalue weighted by Gasteiger charge is -2.29. The lowest BCUT2D eigenvalue weighted by atomic mass is 9.96. The van der Waals surface area contributed by atoms with Crippen LogP contribution in [0.1, 0.15) is 62.2 Å². The highest BCUT2D eigenvalue weighted by Gasteiger charge is 2.22. The van der Waals surface area contributed by atoms with Gasteiger partial charge in [-0.2, -0.15) is 0 Å². The van der Waals surface area contributed by atoms with Crippen molar-refractivity contribution in [2.45, 2.75) is 45.1 Å². The molecule has 1 heterocycles. The van der Waals surface area contributed by atoms with Crippen molar-refractivity contribution in [3.8, 4) is 0 Å². The normalized spacial score (nSPS) is 15.1. The van der Waals surface area contributed by atoms with Crippen molar-refractivity contribution in [3.63, 3.8) is 0 Å². The van der Waals surface area contributed by atoms with E-state index < -0.39 is 5.97 Å². The van der Waals surface area contributed by atoms with Crippen molar-refractivity contribution in [3.05, 3.63) is 69.8 Å². The molecule has 5 nitrogen and oxygen atoms in total. The summed E-state index contributed by atoms with van der Waals surface area (Å²) >= 11 is 0. The first kappa shape index (κ1) is 18.4. The first-order valence-electron chi connectivity index (χ1n) is 9.79. The number of carbonyl (C=O) groups is 3. The summed E-state index contributed by atoms with van der Waals surface area (Å²) in [7, 11) is 0. The van der Waals surface area contributed by atoms with Gasteiger partial charge in [0.2, 0.25) is 5.91 Å². The van der Waals surface area contributed by atoms with E-state index in [0.29, 0.717) is 25.1 Å². The van der Waals surface area contributed by atoms with Crippen LogP contribution in [0.5, 0.6) is 0 Å². The van der Waals surface area contributed by atoms with E-state index in [1.54, 1.807) is 17.0 Å². The number of nitrogens with zero attached hydrogens (tertiary/aromatic N) is 1. The second kappa shape index (κ2) is 7.58. The Kier molecular flexibility index (Phi) is 4.99. The molecule has 0 aromatic heterocycles. The van der Waals surface area contributed by atoms with Crippen LogP contribution in [0.4, 0.5) is 0 Å². The number of amides is 1. The summed E-state index contributed by atoms with van der Waals surface area (Å²) in [4.78, 5) is 38.0. The van der Waals surface area contributed by atoms with Crippen LogP contribution < -0.4 is 0 Å². The van der Waals surface area contributed by atoms with Crippen molar-refractivity contribution >= 4 is 17.7 Å². The Morgan fingerprint density at radius 3 is 2.29 bits per heavy atom. The third kappa shape index (κ3) is 3.70. The van der Waals surface area contributed by atoms with Gasteiger partial charge in [0, 0.05) is 31.5 Å². The number of carbonyl (C=O) groups excluding carboxylic acids is 2. The molecule has 1 amide bonds. The second-order valence-electron chi connectivity index (χ2n) is 7.61. The second-order valence-corrected chi connectivity index (χ2v) is 7.61. The Bertz CT molecular complexity index is 963. The van der Waals surface area contributed by atoms with E-state index in [1.807, 2.05) is 24.3 Å². The summed E-state index contributed by atoms with van der Waals surface area (Å²) in [6.07, 6.45) is 4.36. The first-order chi connectivity index (χ1) is 13.5. The van der Waals surface area contributed by atoms with Crippen LogP contribution in [0, 0.1) is 0 Å². The van der Waals surface area contributed by atoms with E-state index in [9.17, 15) is 14.4 Å². The predicted octanol–water partition coefficient (Wildman–Crippen LogP) is 3.42. The average Bonchev–Trinajstić information content (AvgIpc) is 3.18. The van der Waals surface area contributed by atoms with Gasteiger partial charge in [0.1, 0.15) is 0 Å². The molecule has 1 N–H and O–H groups in total. The molecular weight excluding hydrogens is 354 g/mol. The van der Waals surface area contributed by atoms with Gasteiger partial charge in [-0.05, 0) is 66.1 Å². The first-order valence-corrected chi connectivity index (χ1v) is 9.79. The largest absolute Gasteiger partial charge is 0.478 e. The fourth-order valence-electron chi connectivity index (χ4n) is 4.17. The van der Waals surface area contributed by atoms with Crippen molar-refractivity contribution in [1.82, 2.24) is 4.90 Å². The fourth-order valence-corrected chi connectivity index (χ4v) is 4.17. The number of benzene rings is 2. The van der Waals surface area contributed by atoms with Crippen LogP contribution in [-0.4, -0.2) is 34.2 Å². The van der Waals surface area contributed by atoms with Gasteiger partial charge in [-0.3, -0.25) is 9.59 Å². The molecule has 144 valence electrons. The minimum Gasteiger partial charge on any atom is -0.478 e. The van der Waals surface area contributed by atoms with Gasteiger partial charge in [-0.1, -0.05) is 18.2 Å². The minimum atomic E-state index is -0.966. The Morgan fingerprint density at radius 2 is 1.50 bits per heavy atom. The highest BCUT2D eigenvalue weighted by atomic mass is 16.4. The fraction of sp³-hybridized carbons (Fsp3) is 0.348. The molecule has 1 aliphatic carbocycles. The zero-order chi connectivity index (χ0) is 19.7. The molecule has 5 heteroatoms. The van der Waals surface area contributed by atoms with E-state index >= 15 is 0 Å². The van der Waals surface area contributed by atoms with Gasteiger partial charge in [0.15, 0.2) is 5.78 Å². The lowest BCUT2D eigenvalue weighted by molar-refractivity contribution is -0.132. The molecule has 0 radical (unpaired) electrons. The summed E-state index contributed by atoms with van der Waals surface area (Å²) in [5, 5.41) is 9.16. The monoisotopic (exact) mass is 377 g/mol. The average molecular weight is 377 g/mol. The van der Waals surface area contributed by atoms with Gasteiger partial charge < -0.3 is 10.0 Å². The van der Waals surface area contributed by atoms with Crippen molar-refractivity contribution in [1.29, 1.82) is 0 Å². The third-order valence-electron chi connectivity index (χ3n) is 5.80. The van der Waals surface area contributed by atoms with E-state index in [-0.39, 0.29) is 30.1 Å². The standard InChI is InChI=1S/C23H23NO4/c25-21(18-6-4-15-2-1-3-17(15)12-18)8-9-22(26)24-11-10-16-5-7-19(23(27)28)13-20(16)14-24/h4-7,12-13H,1-3,8-11,14H2,(H,27,28). The molecule has 0 unspecified atom stereocenters. The van der Waals surface area contributed by atoms with Crippen LogP contribution in [0.15, 0.2) is 36.4 Å². The molecular formula is C23H23NO4. The number of ketones is 1. The number of fused-ring (bicyclic) bond motifs is 2. The van der Waals surface area contributed by atoms with Crippen molar-refractivity contribution in [2.75, 3.05) is 6.54 Å². The molecule has 0 bridgehead atoms. The molecule has 1 aliphatic heterocycles. The number of hydrogen-bond acceptors (Lipinski definition) is 3. The highest BCUT2D eigenvalue weighted by Crippen LogP contribution is 2.24. The van der Waals surface area contributed by atoms with Gasteiger partial charge in [0.05, 0.1) is 5.56 Å². The topological polar surface area (TPSA) is 74.7 Å². The zero-order valence-corrected chi connectivity index (χ0v) is 15.7. The predicted molar refractivity (Wildman–Crippen MR) is 105 cm³/mol. The lowest BCUT2D eigenvalue weighted by Crippen LogP contribution is -2.36. The van der Waals surface area contributed by atoms with Gasteiger partial charge >= 0.3 is 5.97 Å². The smallest absolute Gasteiger partial charge is 0.335 e. The number of aromatic carboxylic acids is 1. The molecule has 28 heavy (non-hydrogen) atoms. The third-order valence-corrected chi connectivity index (χ3v) is 5.80. The Labute approximate surface area is 164 Å². The van der Waals surface area contributed by atoms with Crippen LogP contribution in [-0.2, 0) is 30.6 Å². The maximum atomic E-state index is 12.6. The Morgan fingerprint density at radius 1 is 0.821 bits per heavy atom. The van der Waals surface area contributed by atoms with Gasteiger partial charge in [0.25, 0.3) is 0 Å². The molecule has 0 saturated carbocycles. The number of hydrogen-bond donors (Lipinski definition) is 1.